The zero-order valence-electron chi connectivity index (χ0n) is 16.2. The van der Waals surface area contributed by atoms with Gasteiger partial charge in [0.15, 0.2) is 0 Å². The topological polar surface area (TPSA) is 66.5 Å². The van der Waals surface area contributed by atoms with Gasteiger partial charge in [0, 0.05) is 14.8 Å². The number of amides is 3. The molecular weight excluding hydrogens is 507 g/mol. The summed E-state index contributed by atoms with van der Waals surface area (Å²) >= 11 is 15.9. The number of halogens is 2. The Kier molecular flexibility index (Phi) is 7.27. The lowest BCUT2D eigenvalue weighted by Gasteiger charge is -2.13. The molecule has 0 bridgehead atoms. The third kappa shape index (κ3) is 5.57. The Morgan fingerprint density at radius 1 is 1.03 bits per heavy atom. The molecule has 1 fully saturated rings. The van der Waals surface area contributed by atoms with Gasteiger partial charge in [-0.05, 0) is 66.4 Å². The lowest BCUT2D eigenvalue weighted by atomic mass is 10.3. The Balaban J connectivity index is 1.41. The normalized spacial score (nSPS) is 14.9. The molecule has 2 aromatic carbocycles. The van der Waals surface area contributed by atoms with Crippen molar-refractivity contribution in [3.63, 3.8) is 0 Å². The van der Waals surface area contributed by atoms with Crippen LogP contribution in [0.25, 0.3) is 6.08 Å². The van der Waals surface area contributed by atoms with Crippen LogP contribution in [0.1, 0.15) is 4.88 Å². The molecule has 0 atom stereocenters. The van der Waals surface area contributed by atoms with E-state index in [-0.39, 0.29) is 11.4 Å². The van der Waals surface area contributed by atoms with Gasteiger partial charge < -0.3 is 5.32 Å². The van der Waals surface area contributed by atoms with Crippen molar-refractivity contribution in [3.05, 3.63) is 80.5 Å². The number of benzene rings is 2. The van der Waals surface area contributed by atoms with Gasteiger partial charge in [-0.3, -0.25) is 19.3 Å². The molecule has 0 saturated carbocycles. The Hall–Kier alpha value is -2.23. The first-order chi connectivity index (χ1) is 15.4. The molecule has 2 heterocycles. The minimum atomic E-state index is -0.501. The number of carbonyl (C=O) groups excluding carboxylic acids is 3. The maximum atomic E-state index is 12.7. The van der Waals surface area contributed by atoms with Gasteiger partial charge in [-0.1, -0.05) is 47.1 Å². The standard InChI is InChI=1S/C22H14Cl2N2O3S3/c23-13-5-7-14(8-6-13)30-20-10-9-15(31-20)11-18-21(28)26(22(29)32-18)12-19(27)25-17-4-2-1-3-16(17)24/h1-11H,12H2,(H,25,27)/b18-11+. The minimum Gasteiger partial charge on any atom is -0.323 e. The van der Waals surface area contributed by atoms with E-state index >= 15 is 0 Å². The third-order valence-electron chi connectivity index (χ3n) is 4.23. The van der Waals surface area contributed by atoms with Crippen molar-refractivity contribution in [3.8, 4) is 0 Å². The van der Waals surface area contributed by atoms with Crippen molar-refractivity contribution >= 4 is 86.9 Å². The smallest absolute Gasteiger partial charge is 0.294 e. The average Bonchev–Trinajstić information content (AvgIpc) is 3.31. The fourth-order valence-electron chi connectivity index (χ4n) is 2.75. The molecule has 0 spiro atoms. The largest absolute Gasteiger partial charge is 0.323 e. The van der Waals surface area contributed by atoms with Crippen LogP contribution < -0.4 is 5.32 Å². The van der Waals surface area contributed by atoms with Gasteiger partial charge in [0.05, 0.1) is 19.8 Å². The summed E-state index contributed by atoms with van der Waals surface area (Å²) in [6, 6.07) is 18.1. The lowest BCUT2D eigenvalue weighted by Crippen LogP contribution is -2.36. The second-order valence-corrected chi connectivity index (χ2v) is 10.8. The van der Waals surface area contributed by atoms with Gasteiger partial charge in [-0.2, -0.15) is 0 Å². The number of rotatable bonds is 6. The predicted octanol–water partition coefficient (Wildman–Crippen LogP) is 6.88. The molecule has 0 unspecified atom stereocenters. The van der Waals surface area contributed by atoms with E-state index in [0.29, 0.717) is 15.7 Å². The number of thiophene rings is 1. The van der Waals surface area contributed by atoms with Crippen molar-refractivity contribution in [2.24, 2.45) is 0 Å². The van der Waals surface area contributed by atoms with Crippen LogP contribution >= 0.6 is 58.1 Å². The van der Waals surface area contributed by atoms with E-state index in [9.17, 15) is 14.4 Å². The van der Waals surface area contributed by atoms with Gasteiger partial charge in [0.2, 0.25) is 5.91 Å². The van der Waals surface area contributed by atoms with Crippen molar-refractivity contribution in [2.75, 3.05) is 11.9 Å². The van der Waals surface area contributed by atoms with Gasteiger partial charge >= 0.3 is 0 Å². The number of hydrogen-bond donors (Lipinski definition) is 1. The summed E-state index contributed by atoms with van der Waals surface area (Å²) in [5.41, 5.74) is 0.422. The van der Waals surface area contributed by atoms with E-state index in [4.69, 9.17) is 23.2 Å². The van der Waals surface area contributed by atoms with E-state index in [0.717, 1.165) is 30.6 Å². The fraction of sp³-hybridized carbons (Fsp3) is 0.0455. The highest BCUT2D eigenvalue weighted by Gasteiger charge is 2.36. The number of anilines is 1. The van der Waals surface area contributed by atoms with Gasteiger partial charge in [0.25, 0.3) is 11.1 Å². The number of nitrogens with zero attached hydrogens (tertiary/aromatic N) is 1. The molecule has 1 aliphatic rings. The van der Waals surface area contributed by atoms with Crippen molar-refractivity contribution < 1.29 is 14.4 Å². The van der Waals surface area contributed by atoms with Crippen LogP contribution in [0.3, 0.4) is 0 Å². The molecule has 0 aliphatic carbocycles. The molecular formula is C22H14Cl2N2O3S3. The maximum absolute atomic E-state index is 12.7. The molecule has 4 rings (SSSR count). The fourth-order valence-corrected chi connectivity index (χ4v) is 6.03. The Morgan fingerprint density at radius 2 is 1.78 bits per heavy atom. The van der Waals surface area contributed by atoms with Crippen LogP contribution in [0.5, 0.6) is 0 Å². The molecule has 3 amide bonds. The summed E-state index contributed by atoms with van der Waals surface area (Å²) in [6.45, 7) is -0.380. The van der Waals surface area contributed by atoms with Crippen molar-refractivity contribution in [1.29, 1.82) is 0 Å². The molecule has 0 radical (unpaired) electrons. The van der Waals surface area contributed by atoms with E-state index in [1.807, 2.05) is 36.4 Å². The molecule has 10 heteroatoms. The first kappa shape index (κ1) is 22.9. The van der Waals surface area contributed by atoms with Crippen molar-refractivity contribution in [1.82, 2.24) is 4.90 Å². The van der Waals surface area contributed by atoms with E-state index in [2.05, 4.69) is 5.32 Å². The number of thioether (sulfide) groups is 1. The summed E-state index contributed by atoms with van der Waals surface area (Å²) in [4.78, 5) is 40.4. The van der Waals surface area contributed by atoms with Gasteiger partial charge in [-0.15, -0.1) is 11.3 Å². The van der Waals surface area contributed by atoms with Crippen LogP contribution in [0.15, 0.2) is 74.7 Å². The monoisotopic (exact) mass is 520 g/mol. The molecule has 5 nitrogen and oxygen atoms in total. The summed E-state index contributed by atoms with van der Waals surface area (Å²) in [6.07, 6.45) is 1.67. The highest BCUT2D eigenvalue weighted by atomic mass is 35.5. The predicted molar refractivity (Wildman–Crippen MR) is 133 cm³/mol. The number of carbonyl (C=O) groups is 3. The molecule has 1 saturated heterocycles. The Bertz CT molecular complexity index is 1230. The molecule has 162 valence electrons. The van der Waals surface area contributed by atoms with Gasteiger partial charge in [0.1, 0.15) is 6.54 Å². The van der Waals surface area contributed by atoms with E-state index in [1.54, 1.807) is 42.1 Å². The number of para-hydroxylation sites is 1. The Labute approximate surface area is 206 Å². The number of imide groups is 1. The third-order valence-corrected chi connectivity index (χ3v) is 7.89. The number of nitrogens with one attached hydrogen (secondary N) is 1. The molecule has 1 aromatic heterocycles. The SMILES string of the molecule is O=C(CN1C(=O)S/C(=C/c2ccc(Sc3ccc(Cl)cc3)s2)C1=O)Nc1ccccc1Cl. The first-order valence-electron chi connectivity index (χ1n) is 9.22. The zero-order valence-corrected chi connectivity index (χ0v) is 20.2. The second-order valence-electron chi connectivity index (χ2n) is 6.51. The first-order valence-corrected chi connectivity index (χ1v) is 12.4. The van der Waals surface area contributed by atoms with Crippen LogP contribution in [-0.2, 0) is 9.59 Å². The maximum Gasteiger partial charge on any atom is 0.294 e. The van der Waals surface area contributed by atoms with E-state index in [1.165, 1.54) is 11.3 Å². The van der Waals surface area contributed by atoms with E-state index < -0.39 is 17.1 Å². The van der Waals surface area contributed by atoms with Crippen LogP contribution in [-0.4, -0.2) is 28.5 Å². The summed E-state index contributed by atoms with van der Waals surface area (Å²) in [5.74, 6) is -0.992. The number of hydrogen-bond acceptors (Lipinski definition) is 6. The summed E-state index contributed by atoms with van der Waals surface area (Å²) < 4.78 is 1.04. The quantitative estimate of drug-likeness (QED) is 0.358. The Morgan fingerprint density at radius 3 is 2.53 bits per heavy atom. The second kappa shape index (κ2) is 10.1. The summed E-state index contributed by atoms with van der Waals surface area (Å²) in [7, 11) is 0. The zero-order chi connectivity index (χ0) is 22.7. The van der Waals surface area contributed by atoms with Crippen LogP contribution in [0.2, 0.25) is 10.0 Å². The van der Waals surface area contributed by atoms with Crippen LogP contribution in [0.4, 0.5) is 10.5 Å². The minimum absolute atomic E-state index is 0.283. The average molecular weight is 521 g/mol. The van der Waals surface area contributed by atoms with Crippen molar-refractivity contribution in [2.45, 2.75) is 9.10 Å². The van der Waals surface area contributed by atoms with Crippen LogP contribution in [0, 0.1) is 0 Å². The molecule has 3 aromatic rings. The summed E-state index contributed by atoms with van der Waals surface area (Å²) in [5, 5.41) is 3.19. The van der Waals surface area contributed by atoms with Gasteiger partial charge in [-0.25, -0.2) is 0 Å². The molecule has 1 aliphatic heterocycles. The molecule has 1 N–H and O–H groups in total. The highest BCUT2D eigenvalue weighted by Crippen LogP contribution is 2.37. The lowest BCUT2D eigenvalue weighted by molar-refractivity contribution is -0.127. The molecule has 32 heavy (non-hydrogen) atoms. The highest BCUT2D eigenvalue weighted by molar-refractivity contribution is 8.18.